The number of aryl methyl sites for hydroxylation is 1. The van der Waals surface area contributed by atoms with E-state index in [-0.39, 0.29) is 11.4 Å². The van der Waals surface area contributed by atoms with Gasteiger partial charge in [-0.2, -0.15) is 5.10 Å². The van der Waals surface area contributed by atoms with Crippen LogP contribution in [0.25, 0.3) is 33.4 Å². The Morgan fingerprint density at radius 3 is 2.70 bits per heavy atom. The Kier molecular flexibility index (Phi) is 5.11. The third-order valence-corrected chi connectivity index (χ3v) is 6.25. The molecule has 6 rings (SSSR count). The number of rotatable bonds is 5. The highest BCUT2D eigenvalue weighted by Crippen LogP contribution is 2.34. The summed E-state index contributed by atoms with van der Waals surface area (Å²) in [6.07, 6.45) is 3.13. The van der Waals surface area contributed by atoms with Gasteiger partial charge in [-0.1, -0.05) is 24.3 Å². The number of nitrogens with zero attached hydrogens (tertiary/aromatic N) is 5. The van der Waals surface area contributed by atoms with Crippen LogP contribution < -0.4 is 22.4 Å². The van der Waals surface area contributed by atoms with Crippen molar-refractivity contribution in [3.63, 3.8) is 0 Å². The van der Waals surface area contributed by atoms with Crippen LogP contribution in [0.1, 0.15) is 24.4 Å². The Labute approximate surface area is 209 Å². The summed E-state index contributed by atoms with van der Waals surface area (Å²) in [5.41, 5.74) is 10.3. The van der Waals surface area contributed by atoms with Gasteiger partial charge < -0.3 is 15.5 Å². The maximum Gasteiger partial charge on any atom is 0.417 e. The number of nitrogens with one attached hydrogen (secondary N) is 2. The summed E-state index contributed by atoms with van der Waals surface area (Å²) in [5.74, 6) is 0.636. The SMILES string of the molecule is Cc1ccn2nc(C(C)Nc3ncnc(N)c3-c3ccc4oc(=O)[nH]c4c3)n(-c3ccccc3)c(=O)c12. The van der Waals surface area contributed by atoms with Crippen LogP contribution in [0.5, 0.6) is 0 Å². The second-order valence-electron chi connectivity index (χ2n) is 8.70. The Morgan fingerprint density at radius 2 is 1.89 bits per heavy atom. The smallest absolute Gasteiger partial charge is 0.408 e. The van der Waals surface area contributed by atoms with Crippen LogP contribution in [-0.4, -0.2) is 29.1 Å². The number of fused-ring (bicyclic) bond motifs is 2. The van der Waals surface area contributed by atoms with Gasteiger partial charge in [-0.25, -0.2) is 19.3 Å². The molecule has 6 aromatic rings. The number of hydrogen-bond acceptors (Lipinski definition) is 8. The number of nitrogens with two attached hydrogens (primary N) is 1. The number of aromatic nitrogens is 6. The molecular formula is C26H22N8O3. The lowest BCUT2D eigenvalue weighted by atomic mass is 10.1. The molecule has 0 bridgehead atoms. The number of hydrogen-bond donors (Lipinski definition) is 3. The molecule has 11 nitrogen and oxygen atoms in total. The second-order valence-corrected chi connectivity index (χ2v) is 8.70. The van der Waals surface area contributed by atoms with Crippen LogP contribution >= 0.6 is 0 Å². The number of para-hydroxylation sites is 1. The van der Waals surface area contributed by atoms with E-state index in [2.05, 4.69) is 20.3 Å². The Bertz CT molecular complexity index is 1900. The molecule has 4 N–H and O–H groups in total. The van der Waals surface area contributed by atoms with Gasteiger partial charge in [0.15, 0.2) is 11.4 Å². The maximum atomic E-state index is 13.6. The van der Waals surface area contributed by atoms with E-state index in [1.807, 2.05) is 50.2 Å². The summed E-state index contributed by atoms with van der Waals surface area (Å²) in [6, 6.07) is 16.0. The monoisotopic (exact) mass is 494 g/mol. The van der Waals surface area contributed by atoms with Crippen molar-refractivity contribution < 1.29 is 4.42 Å². The van der Waals surface area contributed by atoms with Gasteiger partial charge in [-0.05, 0) is 55.3 Å². The van der Waals surface area contributed by atoms with Gasteiger partial charge in [0.2, 0.25) is 0 Å². The van der Waals surface area contributed by atoms with Gasteiger partial charge in [0.05, 0.1) is 22.8 Å². The van der Waals surface area contributed by atoms with Gasteiger partial charge in [0.1, 0.15) is 23.5 Å². The minimum Gasteiger partial charge on any atom is -0.408 e. The Morgan fingerprint density at radius 1 is 1.08 bits per heavy atom. The zero-order valence-corrected chi connectivity index (χ0v) is 20.0. The molecule has 4 aromatic heterocycles. The first-order valence-corrected chi connectivity index (χ1v) is 11.6. The zero-order chi connectivity index (χ0) is 25.7. The number of benzene rings is 2. The molecule has 37 heavy (non-hydrogen) atoms. The predicted molar refractivity (Wildman–Crippen MR) is 140 cm³/mol. The number of H-pyrrole nitrogens is 1. The lowest BCUT2D eigenvalue weighted by Gasteiger charge is -2.21. The van der Waals surface area contributed by atoms with Crippen molar-refractivity contribution in [2.75, 3.05) is 11.1 Å². The average Bonchev–Trinajstić information content (AvgIpc) is 3.45. The molecular weight excluding hydrogens is 472 g/mol. The van der Waals surface area contributed by atoms with E-state index in [4.69, 9.17) is 15.2 Å². The summed E-state index contributed by atoms with van der Waals surface area (Å²) in [7, 11) is 0. The van der Waals surface area contributed by atoms with Gasteiger partial charge in [-0.15, -0.1) is 0 Å². The molecule has 0 spiro atoms. The molecule has 0 fully saturated rings. The fourth-order valence-corrected chi connectivity index (χ4v) is 4.51. The molecule has 0 radical (unpaired) electrons. The molecule has 1 atom stereocenters. The quantitative estimate of drug-likeness (QED) is 0.330. The zero-order valence-electron chi connectivity index (χ0n) is 20.0. The topological polar surface area (TPSA) is 149 Å². The molecule has 0 aliphatic carbocycles. The summed E-state index contributed by atoms with van der Waals surface area (Å²) in [4.78, 5) is 36.5. The normalized spacial score (nSPS) is 12.3. The molecule has 2 aromatic carbocycles. The van der Waals surface area contributed by atoms with E-state index in [9.17, 15) is 9.59 Å². The summed E-state index contributed by atoms with van der Waals surface area (Å²) in [5, 5.41) is 8.15. The van der Waals surface area contributed by atoms with Crippen LogP contribution in [-0.2, 0) is 0 Å². The van der Waals surface area contributed by atoms with Gasteiger partial charge in [0, 0.05) is 6.20 Å². The van der Waals surface area contributed by atoms with Crippen LogP contribution in [0.3, 0.4) is 0 Å². The summed E-state index contributed by atoms with van der Waals surface area (Å²) < 4.78 is 8.32. The highest BCUT2D eigenvalue weighted by Gasteiger charge is 2.22. The van der Waals surface area contributed by atoms with E-state index in [1.165, 1.54) is 6.33 Å². The lowest BCUT2D eigenvalue weighted by Crippen LogP contribution is -2.29. The van der Waals surface area contributed by atoms with Crippen molar-refractivity contribution in [2.24, 2.45) is 0 Å². The van der Waals surface area contributed by atoms with E-state index < -0.39 is 11.8 Å². The molecule has 0 saturated carbocycles. The number of oxazole rings is 1. The van der Waals surface area contributed by atoms with Crippen molar-refractivity contribution in [3.8, 4) is 16.8 Å². The average molecular weight is 495 g/mol. The molecule has 0 aliphatic rings. The summed E-state index contributed by atoms with van der Waals surface area (Å²) >= 11 is 0. The first-order chi connectivity index (χ1) is 17.9. The predicted octanol–water partition coefficient (Wildman–Crippen LogP) is 3.44. The van der Waals surface area contributed by atoms with Crippen LogP contribution in [0, 0.1) is 6.92 Å². The maximum absolute atomic E-state index is 13.6. The number of anilines is 2. The highest BCUT2D eigenvalue weighted by molar-refractivity contribution is 5.88. The number of aromatic amines is 1. The van der Waals surface area contributed by atoms with Crippen molar-refractivity contribution in [1.82, 2.24) is 29.1 Å². The molecule has 4 heterocycles. The van der Waals surface area contributed by atoms with Crippen LogP contribution in [0.15, 0.2) is 81.1 Å². The summed E-state index contributed by atoms with van der Waals surface area (Å²) in [6.45, 7) is 3.78. The Balaban J connectivity index is 1.49. The largest absolute Gasteiger partial charge is 0.417 e. The van der Waals surface area contributed by atoms with E-state index in [0.29, 0.717) is 45.1 Å². The molecule has 11 heteroatoms. The highest BCUT2D eigenvalue weighted by atomic mass is 16.4. The van der Waals surface area contributed by atoms with Gasteiger partial charge in [0.25, 0.3) is 5.56 Å². The third-order valence-electron chi connectivity index (χ3n) is 6.25. The molecule has 0 amide bonds. The third kappa shape index (κ3) is 3.73. The molecule has 1 unspecified atom stereocenters. The fraction of sp³-hybridized carbons (Fsp3) is 0.115. The van der Waals surface area contributed by atoms with Crippen molar-refractivity contribution in [3.05, 3.63) is 99.4 Å². The van der Waals surface area contributed by atoms with E-state index in [1.54, 1.807) is 33.5 Å². The van der Waals surface area contributed by atoms with E-state index >= 15 is 0 Å². The first-order valence-electron chi connectivity index (χ1n) is 11.6. The minimum atomic E-state index is -0.544. The molecule has 0 aliphatic heterocycles. The van der Waals surface area contributed by atoms with Gasteiger partial charge in [-0.3, -0.25) is 14.3 Å². The van der Waals surface area contributed by atoms with Crippen LogP contribution in [0.4, 0.5) is 11.6 Å². The minimum absolute atomic E-state index is 0.177. The lowest BCUT2D eigenvalue weighted by molar-refractivity contribution is 0.555. The second kappa shape index (κ2) is 8.48. The Hall–Kier alpha value is -5.19. The van der Waals surface area contributed by atoms with Crippen molar-refractivity contribution in [1.29, 1.82) is 0 Å². The fourth-order valence-electron chi connectivity index (χ4n) is 4.51. The van der Waals surface area contributed by atoms with Gasteiger partial charge >= 0.3 is 5.76 Å². The molecule has 184 valence electrons. The van der Waals surface area contributed by atoms with Crippen molar-refractivity contribution in [2.45, 2.75) is 19.9 Å². The standard InChI is InChI=1S/C26H22N8O3/c1-14-10-11-33-21(14)25(35)34(17-6-4-3-5-7-17)24(32-33)15(2)30-23-20(22(27)28-13-29-23)16-8-9-19-18(12-16)31-26(36)37-19/h3-13,15H,1-2H3,(H,31,36)(H3,27,28,29,30). The van der Waals surface area contributed by atoms with Crippen LogP contribution in [0.2, 0.25) is 0 Å². The van der Waals surface area contributed by atoms with Crippen molar-refractivity contribution >= 4 is 28.3 Å². The molecule has 0 saturated heterocycles. The number of nitrogen functional groups attached to an aromatic ring is 1. The van der Waals surface area contributed by atoms with E-state index in [0.717, 1.165) is 5.56 Å². The first kappa shape index (κ1) is 22.3.